The van der Waals surface area contributed by atoms with Gasteiger partial charge in [0.2, 0.25) is 0 Å². The SMILES string of the molecule is Cc1ccc(OCCOc2cccc(Br)c2)c(CN)c1. The molecule has 2 N–H and O–H groups in total. The Morgan fingerprint density at radius 3 is 2.60 bits per heavy atom. The van der Waals surface area contributed by atoms with Gasteiger partial charge in [0.1, 0.15) is 24.7 Å². The summed E-state index contributed by atoms with van der Waals surface area (Å²) in [7, 11) is 0. The van der Waals surface area contributed by atoms with Gasteiger partial charge in [-0.2, -0.15) is 0 Å². The summed E-state index contributed by atoms with van der Waals surface area (Å²) in [6.07, 6.45) is 0. The lowest BCUT2D eigenvalue weighted by Gasteiger charge is -2.12. The van der Waals surface area contributed by atoms with E-state index in [1.807, 2.05) is 49.4 Å². The zero-order valence-electron chi connectivity index (χ0n) is 11.4. The van der Waals surface area contributed by atoms with Gasteiger partial charge in [0.25, 0.3) is 0 Å². The van der Waals surface area contributed by atoms with Gasteiger partial charge < -0.3 is 15.2 Å². The summed E-state index contributed by atoms with van der Waals surface area (Å²) in [5.74, 6) is 1.65. The lowest BCUT2D eigenvalue weighted by molar-refractivity contribution is 0.216. The standard InChI is InChI=1S/C16H18BrNO2/c1-12-5-6-16(13(9-12)11-18)20-8-7-19-15-4-2-3-14(17)10-15/h2-6,9-10H,7-8,11,18H2,1H3. The molecule has 0 aromatic heterocycles. The Kier molecular flexibility index (Phi) is 5.44. The number of hydrogen-bond acceptors (Lipinski definition) is 3. The quantitative estimate of drug-likeness (QED) is 0.819. The van der Waals surface area contributed by atoms with E-state index in [1.165, 1.54) is 5.56 Å². The molecule has 2 aromatic rings. The Morgan fingerprint density at radius 1 is 1.05 bits per heavy atom. The second kappa shape index (κ2) is 7.31. The second-order valence-electron chi connectivity index (χ2n) is 4.47. The average Bonchev–Trinajstić information content (AvgIpc) is 2.45. The third-order valence-corrected chi connectivity index (χ3v) is 3.33. The highest BCUT2D eigenvalue weighted by molar-refractivity contribution is 9.10. The average molecular weight is 336 g/mol. The molecule has 0 aliphatic carbocycles. The molecule has 0 bridgehead atoms. The maximum atomic E-state index is 5.72. The van der Waals surface area contributed by atoms with Crippen LogP contribution < -0.4 is 15.2 Å². The molecule has 0 unspecified atom stereocenters. The molecular formula is C16H18BrNO2. The van der Waals surface area contributed by atoms with Crippen molar-refractivity contribution in [3.05, 3.63) is 58.1 Å². The number of hydrogen-bond donors (Lipinski definition) is 1. The van der Waals surface area contributed by atoms with Crippen molar-refractivity contribution in [1.82, 2.24) is 0 Å². The molecule has 0 heterocycles. The molecule has 0 saturated carbocycles. The van der Waals surface area contributed by atoms with E-state index in [-0.39, 0.29) is 0 Å². The zero-order chi connectivity index (χ0) is 14.4. The number of ether oxygens (including phenoxy) is 2. The van der Waals surface area contributed by atoms with Crippen molar-refractivity contribution in [2.24, 2.45) is 5.73 Å². The van der Waals surface area contributed by atoms with Gasteiger partial charge >= 0.3 is 0 Å². The van der Waals surface area contributed by atoms with Gasteiger partial charge in [0, 0.05) is 16.6 Å². The normalized spacial score (nSPS) is 10.3. The van der Waals surface area contributed by atoms with Crippen LogP contribution in [0.5, 0.6) is 11.5 Å². The molecular weight excluding hydrogens is 318 g/mol. The summed E-state index contributed by atoms with van der Waals surface area (Å²) in [4.78, 5) is 0. The molecule has 0 amide bonds. The summed E-state index contributed by atoms with van der Waals surface area (Å²) in [6.45, 7) is 3.50. The predicted octanol–water partition coefficient (Wildman–Crippen LogP) is 3.67. The molecule has 0 fully saturated rings. The Hall–Kier alpha value is -1.52. The topological polar surface area (TPSA) is 44.5 Å². The largest absolute Gasteiger partial charge is 0.490 e. The fourth-order valence-corrected chi connectivity index (χ4v) is 2.25. The van der Waals surface area contributed by atoms with Gasteiger partial charge in [-0.25, -0.2) is 0 Å². The first-order chi connectivity index (χ1) is 9.69. The Bertz CT molecular complexity index is 572. The Morgan fingerprint density at radius 2 is 1.85 bits per heavy atom. The highest BCUT2D eigenvalue weighted by atomic mass is 79.9. The van der Waals surface area contributed by atoms with Crippen molar-refractivity contribution >= 4 is 15.9 Å². The first-order valence-electron chi connectivity index (χ1n) is 6.50. The Balaban J connectivity index is 1.84. The van der Waals surface area contributed by atoms with Crippen LogP contribution in [0.25, 0.3) is 0 Å². The predicted molar refractivity (Wildman–Crippen MR) is 84.2 cm³/mol. The third kappa shape index (κ3) is 4.25. The monoisotopic (exact) mass is 335 g/mol. The van der Waals surface area contributed by atoms with E-state index in [9.17, 15) is 0 Å². The summed E-state index contributed by atoms with van der Waals surface area (Å²) in [6, 6.07) is 13.8. The van der Waals surface area contributed by atoms with Crippen LogP contribution in [-0.2, 0) is 6.54 Å². The molecule has 0 radical (unpaired) electrons. The zero-order valence-corrected chi connectivity index (χ0v) is 13.0. The van der Waals surface area contributed by atoms with Gasteiger partial charge in [-0.15, -0.1) is 0 Å². The highest BCUT2D eigenvalue weighted by Crippen LogP contribution is 2.20. The summed E-state index contributed by atoms with van der Waals surface area (Å²) >= 11 is 3.41. The molecule has 0 aliphatic heterocycles. The van der Waals surface area contributed by atoms with Crippen LogP contribution in [0.15, 0.2) is 46.9 Å². The minimum absolute atomic E-state index is 0.476. The van der Waals surface area contributed by atoms with Crippen molar-refractivity contribution < 1.29 is 9.47 Å². The molecule has 0 spiro atoms. The third-order valence-electron chi connectivity index (χ3n) is 2.84. The number of aryl methyl sites for hydroxylation is 1. The van der Waals surface area contributed by atoms with Crippen molar-refractivity contribution in [2.75, 3.05) is 13.2 Å². The van der Waals surface area contributed by atoms with Crippen LogP contribution in [0.1, 0.15) is 11.1 Å². The first-order valence-corrected chi connectivity index (χ1v) is 7.29. The van der Waals surface area contributed by atoms with E-state index in [4.69, 9.17) is 15.2 Å². The van der Waals surface area contributed by atoms with Gasteiger partial charge in [-0.1, -0.05) is 39.7 Å². The molecule has 3 nitrogen and oxygen atoms in total. The van der Waals surface area contributed by atoms with Crippen molar-refractivity contribution in [3.63, 3.8) is 0 Å². The van der Waals surface area contributed by atoms with E-state index >= 15 is 0 Å². The van der Waals surface area contributed by atoms with Gasteiger partial charge in [-0.05, 0) is 31.2 Å². The van der Waals surface area contributed by atoms with Crippen molar-refractivity contribution in [3.8, 4) is 11.5 Å². The van der Waals surface area contributed by atoms with Crippen molar-refractivity contribution in [1.29, 1.82) is 0 Å². The minimum Gasteiger partial charge on any atom is -0.490 e. The van der Waals surface area contributed by atoms with E-state index in [1.54, 1.807) is 0 Å². The fraction of sp³-hybridized carbons (Fsp3) is 0.250. The maximum absolute atomic E-state index is 5.72. The summed E-state index contributed by atoms with van der Waals surface area (Å²) in [5, 5.41) is 0. The molecule has 0 saturated heterocycles. The van der Waals surface area contributed by atoms with Crippen molar-refractivity contribution in [2.45, 2.75) is 13.5 Å². The molecule has 2 aromatic carbocycles. The highest BCUT2D eigenvalue weighted by Gasteiger charge is 2.02. The maximum Gasteiger partial charge on any atom is 0.123 e. The molecule has 106 valence electrons. The van der Waals surface area contributed by atoms with Crippen LogP contribution in [0.3, 0.4) is 0 Å². The summed E-state index contributed by atoms with van der Waals surface area (Å²) in [5.41, 5.74) is 7.92. The molecule has 20 heavy (non-hydrogen) atoms. The van der Waals surface area contributed by atoms with E-state index in [0.717, 1.165) is 21.5 Å². The number of benzene rings is 2. The van der Waals surface area contributed by atoms with Gasteiger partial charge in [-0.3, -0.25) is 0 Å². The van der Waals surface area contributed by atoms with Gasteiger partial charge in [0.05, 0.1) is 0 Å². The number of halogens is 1. The number of rotatable bonds is 6. The molecule has 0 aliphatic rings. The smallest absolute Gasteiger partial charge is 0.123 e. The molecule has 0 atom stereocenters. The van der Waals surface area contributed by atoms with Crippen LogP contribution in [0, 0.1) is 6.92 Å². The molecule has 2 rings (SSSR count). The minimum atomic E-state index is 0.476. The molecule has 4 heteroatoms. The van der Waals surface area contributed by atoms with Crippen LogP contribution >= 0.6 is 15.9 Å². The van der Waals surface area contributed by atoms with E-state index in [0.29, 0.717) is 19.8 Å². The second-order valence-corrected chi connectivity index (χ2v) is 5.39. The van der Waals surface area contributed by atoms with Crippen LogP contribution in [0.2, 0.25) is 0 Å². The summed E-state index contributed by atoms with van der Waals surface area (Å²) < 4.78 is 12.3. The lowest BCUT2D eigenvalue weighted by atomic mass is 10.1. The van der Waals surface area contributed by atoms with E-state index in [2.05, 4.69) is 15.9 Å². The van der Waals surface area contributed by atoms with Crippen LogP contribution in [-0.4, -0.2) is 13.2 Å². The Labute approximate surface area is 127 Å². The van der Waals surface area contributed by atoms with Crippen LogP contribution in [0.4, 0.5) is 0 Å². The number of nitrogens with two attached hydrogens (primary N) is 1. The fourth-order valence-electron chi connectivity index (χ4n) is 1.88. The van der Waals surface area contributed by atoms with Gasteiger partial charge in [0.15, 0.2) is 0 Å². The first kappa shape index (κ1) is 14.9. The van der Waals surface area contributed by atoms with E-state index < -0.39 is 0 Å². The lowest BCUT2D eigenvalue weighted by Crippen LogP contribution is -2.11.